The molecule has 86 heavy (non-hydrogen) atoms. The van der Waals surface area contributed by atoms with Crippen LogP contribution in [0, 0.1) is 32.1 Å². The molecule has 0 radical (unpaired) electrons. The highest BCUT2D eigenvalue weighted by Gasteiger charge is 2.35. The summed E-state index contributed by atoms with van der Waals surface area (Å²) in [6.45, 7) is 7.20. The number of phenolic OH excluding ortho intramolecular Hbond substituents is 1. The molecule has 1 unspecified atom stereocenters. The number of para-hydroxylation sites is 1. The molecule has 0 aliphatic heterocycles. The van der Waals surface area contributed by atoms with Gasteiger partial charge in [-0.05, 0) is 125 Å². The van der Waals surface area contributed by atoms with Gasteiger partial charge in [0.25, 0.3) is 17.3 Å². The Kier molecular flexibility index (Phi) is 31.0. The van der Waals surface area contributed by atoms with Crippen molar-refractivity contribution in [3.8, 4) is 5.75 Å². The summed E-state index contributed by atoms with van der Waals surface area (Å²) in [5, 5.41) is 56.7. The van der Waals surface area contributed by atoms with Gasteiger partial charge in [0.15, 0.2) is 0 Å². The fourth-order valence-corrected chi connectivity index (χ4v) is 8.77. The average molecular weight is 1200 g/mol. The summed E-state index contributed by atoms with van der Waals surface area (Å²) in [4.78, 5) is 143. The maximum Gasteiger partial charge on any atom is 0.299 e. The first kappa shape index (κ1) is 71.3. The van der Waals surface area contributed by atoms with E-state index in [4.69, 9.17) is 22.9 Å². The van der Waals surface area contributed by atoms with E-state index in [9.17, 15) is 68.5 Å². The minimum Gasteiger partial charge on any atom is -0.508 e. The number of amides is 9. The number of nitrogens with zero attached hydrogens (tertiary/aromatic N) is 2. The van der Waals surface area contributed by atoms with Gasteiger partial charge < -0.3 is 75.9 Å². The molecule has 0 spiro atoms. The Morgan fingerprint density at radius 1 is 0.616 bits per heavy atom. The smallest absolute Gasteiger partial charge is 0.299 e. The summed E-state index contributed by atoms with van der Waals surface area (Å²) in [5.41, 5.74) is 23.7. The maximum atomic E-state index is 14.6. The number of rotatable bonds is 40. The molecule has 0 aliphatic rings. The van der Waals surface area contributed by atoms with Crippen LogP contribution in [0.2, 0.25) is 0 Å². The zero-order valence-electron chi connectivity index (χ0n) is 49.2. The first-order valence-corrected chi connectivity index (χ1v) is 28.7. The van der Waals surface area contributed by atoms with Crippen LogP contribution < -0.4 is 70.8 Å². The zero-order valence-corrected chi connectivity index (χ0v) is 49.2. The van der Waals surface area contributed by atoms with Crippen molar-refractivity contribution in [2.45, 2.75) is 147 Å². The minimum atomic E-state index is -1.47. The molecular formula is C57H85N15O14. The minimum absolute atomic E-state index is 0.0165. The second kappa shape index (κ2) is 37.3. The van der Waals surface area contributed by atoms with Gasteiger partial charge in [0, 0.05) is 37.8 Å². The number of hydrogen-bond donors (Lipinski definition) is 14. The molecule has 0 saturated heterocycles. The van der Waals surface area contributed by atoms with Gasteiger partial charge in [-0.15, -0.1) is 0 Å². The lowest BCUT2D eigenvalue weighted by Crippen LogP contribution is -2.61. The fourth-order valence-electron chi connectivity index (χ4n) is 8.77. The number of nitro groups is 2. The second-order valence-corrected chi connectivity index (χ2v) is 21.2. The van der Waals surface area contributed by atoms with Gasteiger partial charge in [0.2, 0.25) is 47.3 Å². The van der Waals surface area contributed by atoms with E-state index in [1.54, 1.807) is 64.1 Å². The Balaban J connectivity index is 1.87. The normalized spacial score (nSPS) is 13.4. The molecule has 9 amide bonds. The number of anilines is 2. The van der Waals surface area contributed by atoms with E-state index in [0.29, 0.717) is 44.1 Å². The lowest BCUT2D eigenvalue weighted by atomic mass is 9.96. The number of unbranched alkanes of at least 4 members (excludes halogenated alkanes) is 4. The van der Waals surface area contributed by atoms with Gasteiger partial charge >= 0.3 is 0 Å². The lowest BCUT2D eigenvalue weighted by Gasteiger charge is -2.30. The summed E-state index contributed by atoms with van der Waals surface area (Å²) in [5.74, 6) is -7.41. The number of aromatic hydroxyl groups is 1. The van der Waals surface area contributed by atoms with Crippen LogP contribution in [-0.2, 0) is 44.8 Å². The van der Waals surface area contributed by atoms with Crippen LogP contribution in [0.25, 0.3) is 0 Å². The summed E-state index contributed by atoms with van der Waals surface area (Å²) in [6.07, 6.45) is 2.58. The molecule has 0 saturated carbocycles. The Bertz CT molecular complexity index is 2790. The molecule has 3 aromatic carbocycles. The monoisotopic (exact) mass is 1200 g/mol. The van der Waals surface area contributed by atoms with Gasteiger partial charge in [-0.2, -0.15) is 0 Å². The van der Waals surface area contributed by atoms with Crippen molar-refractivity contribution in [3.05, 3.63) is 98.1 Å². The van der Waals surface area contributed by atoms with Crippen molar-refractivity contribution in [3.63, 3.8) is 0 Å². The van der Waals surface area contributed by atoms with E-state index in [1.807, 2.05) is 0 Å². The molecule has 0 heterocycles. The van der Waals surface area contributed by atoms with Crippen LogP contribution in [0.15, 0.2) is 66.7 Å². The molecule has 3 aromatic rings. The van der Waals surface area contributed by atoms with E-state index in [2.05, 4.69) is 47.9 Å². The predicted molar refractivity (Wildman–Crippen MR) is 320 cm³/mol. The molecule has 472 valence electrons. The predicted octanol–water partition coefficient (Wildman–Crippen LogP) is 1.30. The third kappa shape index (κ3) is 25.1. The third-order valence-electron chi connectivity index (χ3n) is 14.0. The zero-order chi connectivity index (χ0) is 63.9. The van der Waals surface area contributed by atoms with Crippen LogP contribution >= 0.6 is 0 Å². The second-order valence-electron chi connectivity index (χ2n) is 21.2. The van der Waals surface area contributed by atoms with Crippen molar-refractivity contribution in [1.82, 2.24) is 42.5 Å². The average Bonchev–Trinajstić information content (AvgIpc) is 3.26. The van der Waals surface area contributed by atoms with E-state index in [1.165, 1.54) is 18.2 Å². The van der Waals surface area contributed by atoms with Crippen molar-refractivity contribution in [2.24, 2.45) is 29.0 Å². The van der Waals surface area contributed by atoms with Crippen molar-refractivity contribution < 1.29 is 58.1 Å². The van der Waals surface area contributed by atoms with Crippen molar-refractivity contribution in [2.75, 3.05) is 43.8 Å². The molecule has 0 fully saturated rings. The highest BCUT2D eigenvalue weighted by molar-refractivity contribution is 5.99. The Morgan fingerprint density at radius 2 is 1.19 bits per heavy atom. The van der Waals surface area contributed by atoms with Crippen molar-refractivity contribution >= 4 is 75.9 Å². The molecule has 0 bridgehead atoms. The van der Waals surface area contributed by atoms with E-state index in [0.717, 1.165) is 12.1 Å². The van der Waals surface area contributed by atoms with Gasteiger partial charge in [0.05, 0.1) is 34.1 Å². The summed E-state index contributed by atoms with van der Waals surface area (Å²) in [6, 6.07) is 7.91. The Labute approximate surface area is 499 Å². The number of benzene rings is 3. The topological polar surface area (TPSA) is 472 Å². The van der Waals surface area contributed by atoms with Gasteiger partial charge in [-0.3, -0.25) is 63.4 Å². The first-order chi connectivity index (χ1) is 40.9. The van der Waals surface area contributed by atoms with Crippen LogP contribution in [0.3, 0.4) is 0 Å². The van der Waals surface area contributed by atoms with Crippen LogP contribution in [0.1, 0.15) is 121 Å². The summed E-state index contributed by atoms with van der Waals surface area (Å²) in [7, 11) is 0. The molecule has 29 nitrogen and oxygen atoms in total. The molecule has 3 rings (SSSR count). The van der Waals surface area contributed by atoms with Gasteiger partial charge in [-0.1, -0.05) is 58.4 Å². The van der Waals surface area contributed by atoms with E-state index >= 15 is 0 Å². The number of hydrogen-bond acceptors (Lipinski definition) is 18. The molecular weight excluding hydrogens is 1120 g/mol. The molecule has 0 aliphatic carbocycles. The standard InChI is InChI=1S/C57H85N15O14/c1-5-35(4)50(56(81)65-33-47(61)74)70-57(82)49(34(2)3)69-55(80)44(17-9-11-27-58)68-53(78)43(18-10-14-30-64-51(76)39-15-7-8-16-40(39)59)67-54(79)45(66-52(77)41(60)31-36-19-22-38(73)23-20-36)25-26-48(75)63-29-13-6-12-28-62-42-24-21-37(71(83)84)32-46(42)72(85)86/h7-8,15-16,19-24,32,34-35,41,43-45,49-50,62,73H,5-6,9-14,17-18,25-31,33,58-60H2,1-4H3,(H2,61,74)(H,63,75)(H,64,76)(H,65,81)(H,66,77)(H,67,79)(H,68,78)(H,69,80)(H,70,82)/t35?,41-,43-,44-,45-,49-,50-/m0/s1. The number of primary amides is 1. The fraction of sp³-hybridized carbons (Fsp3) is 0.526. The van der Waals surface area contributed by atoms with Crippen LogP contribution in [-0.4, -0.2) is 137 Å². The Hall–Kier alpha value is -8.99. The molecule has 29 heteroatoms. The first-order valence-electron chi connectivity index (χ1n) is 28.7. The number of nitrogens with one attached hydrogen (secondary N) is 9. The third-order valence-corrected chi connectivity index (χ3v) is 14.0. The van der Waals surface area contributed by atoms with Crippen molar-refractivity contribution in [1.29, 1.82) is 0 Å². The van der Waals surface area contributed by atoms with Gasteiger partial charge in [-0.25, -0.2) is 0 Å². The number of carbonyl (C=O) groups is 9. The largest absolute Gasteiger partial charge is 0.508 e. The number of phenols is 1. The Morgan fingerprint density at radius 3 is 1.78 bits per heavy atom. The van der Waals surface area contributed by atoms with Gasteiger partial charge in [0.1, 0.15) is 41.6 Å². The van der Waals surface area contributed by atoms with Crippen LogP contribution in [0.5, 0.6) is 5.75 Å². The number of nitro benzene ring substituents is 2. The number of carbonyl (C=O) groups excluding carboxylic acids is 9. The highest BCUT2D eigenvalue weighted by atomic mass is 16.6. The summed E-state index contributed by atoms with van der Waals surface area (Å²) >= 11 is 0. The lowest BCUT2D eigenvalue weighted by molar-refractivity contribution is -0.393. The number of nitrogens with two attached hydrogens (primary N) is 4. The molecule has 7 atom stereocenters. The SMILES string of the molecule is CCC(C)[C@H](NC(=O)[C@@H](NC(=O)[C@H](CCCCN)NC(=O)[C@H](CCCCNC(=O)c1ccccc1N)NC(=O)[C@H](CCC(=O)NCCCCCNc1ccc([N+](=O)[O-])cc1[N+](=O)[O-])NC(=O)[C@@H](N)Cc1ccc(O)cc1)C(C)C)C(=O)NCC(N)=O. The molecule has 0 aromatic heterocycles. The summed E-state index contributed by atoms with van der Waals surface area (Å²) < 4.78 is 0. The maximum absolute atomic E-state index is 14.6. The van der Waals surface area contributed by atoms with Crippen LogP contribution in [0.4, 0.5) is 22.7 Å². The quantitative estimate of drug-likeness (QED) is 0.0165. The van der Waals surface area contributed by atoms with E-state index < -0.39 is 129 Å². The number of nitrogen functional groups attached to an aromatic ring is 1. The molecule has 18 N–H and O–H groups in total. The highest BCUT2D eigenvalue weighted by Crippen LogP contribution is 2.29. The van der Waals surface area contributed by atoms with E-state index in [-0.39, 0.29) is 93.8 Å². The number of non-ortho nitro benzene ring substituents is 1.